The van der Waals surface area contributed by atoms with Gasteiger partial charge in [-0.05, 0) is 47.7 Å². The van der Waals surface area contributed by atoms with Crippen LogP contribution in [0.1, 0.15) is 29.2 Å². The number of para-hydroxylation sites is 1. The van der Waals surface area contributed by atoms with Crippen molar-refractivity contribution in [1.82, 2.24) is 0 Å². The quantitative estimate of drug-likeness (QED) is 0.899. The lowest BCUT2D eigenvalue weighted by Gasteiger charge is -2.23. The Kier molecular flexibility index (Phi) is 3.39. The molecule has 0 fully saturated rings. The van der Waals surface area contributed by atoms with Crippen LogP contribution in [0.25, 0.3) is 0 Å². The number of nitrogens with zero attached hydrogens (tertiary/aromatic N) is 1. The lowest BCUT2D eigenvalue weighted by molar-refractivity contribution is 0.862. The van der Waals surface area contributed by atoms with Crippen LogP contribution in [0.5, 0.6) is 0 Å². The highest BCUT2D eigenvalue weighted by Crippen LogP contribution is 2.34. The van der Waals surface area contributed by atoms with Gasteiger partial charge in [-0.25, -0.2) is 0 Å². The van der Waals surface area contributed by atoms with Crippen LogP contribution in [0.3, 0.4) is 0 Å². The van der Waals surface area contributed by atoms with Crippen LogP contribution in [0, 0.1) is 6.92 Å². The zero-order valence-electron chi connectivity index (χ0n) is 12.5. The van der Waals surface area contributed by atoms with Crippen molar-refractivity contribution in [2.45, 2.75) is 33.4 Å². The molecule has 0 saturated heterocycles. The topological polar surface area (TPSA) is 15.3 Å². The molecule has 1 heterocycles. The Bertz CT molecular complexity index is 631. The zero-order chi connectivity index (χ0) is 14.1. The van der Waals surface area contributed by atoms with Crippen LogP contribution in [-0.4, -0.2) is 7.05 Å². The average Bonchev–Trinajstić information content (AvgIpc) is 2.88. The average molecular weight is 266 g/mol. The van der Waals surface area contributed by atoms with Crippen molar-refractivity contribution in [1.29, 1.82) is 0 Å². The summed E-state index contributed by atoms with van der Waals surface area (Å²) in [6.45, 7) is 6.50. The van der Waals surface area contributed by atoms with Gasteiger partial charge in [0.2, 0.25) is 0 Å². The number of fused-ring (bicyclic) bond motifs is 1. The summed E-state index contributed by atoms with van der Waals surface area (Å²) in [6.07, 6.45) is 1.09. The fraction of sp³-hybridized carbons (Fsp3) is 0.333. The molecule has 0 aliphatic carbocycles. The van der Waals surface area contributed by atoms with Gasteiger partial charge in [-0.1, -0.05) is 31.2 Å². The molecule has 104 valence electrons. The number of hydrogen-bond donors (Lipinski definition) is 1. The first-order valence-corrected chi connectivity index (χ1v) is 7.36. The molecule has 20 heavy (non-hydrogen) atoms. The molecule has 0 saturated carbocycles. The van der Waals surface area contributed by atoms with Gasteiger partial charge >= 0.3 is 0 Å². The third-order valence-corrected chi connectivity index (χ3v) is 4.24. The lowest BCUT2D eigenvalue weighted by atomic mass is 10.0. The molecule has 1 aliphatic rings. The molecule has 0 aromatic heterocycles. The van der Waals surface area contributed by atoms with E-state index in [0.717, 1.165) is 19.5 Å². The Morgan fingerprint density at radius 3 is 2.65 bits per heavy atom. The molecule has 2 aromatic carbocycles. The van der Waals surface area contributed by atoms with Gasteiger partial charge in [0.25, 0.3) is 0 Å². The maximum atomic E-state index is 3.23. The molecule has 0 amide bonds. The van der Waals surface area contributed by atoms with Gasteiger partial charge in [0.1, 0.15) is 0 Å². The Morgan fingerprint density at radius 2 is 1.90 bits per heavy atom. The van der Waals surface area contributed by atoms with Gasteiger partial charge in [0, 0.05) is 31.5 Å². The summed E-state index contributed by atoms with van der Waals surface area (Å²) in [5.41, 5.74) is 8.36. The highest BCUT2D eigenvalue weighted by atomic mass is 15.1. The van der Waals surface area contributed by atoms with Crippen LogP contribution in [-0.2, 0) is 19.5 Å². The predicted molar refractivity (Wildman–Crippen MR) is 86.4 cm³/mol. The van der Waals surface area contributed by atoms with E-state index in [9.17, 15) is 0 Å². The van der Waals surface area contributed by atoms with Gasteiger partial charge < -0.3 is 10.2 Å². The Labute approximate surface area is 121 Å². The van der Waals surface area contributed by atoms with Gasteiger partial charge in [-0.3, -0.25) is 0 Å². The van der Waals surface area contributed by atoms with E-state index < -0.39 is 0 Å². The Hall–Kier alpha value is -1.96. The molecule has 1 aliphatic heterocycles. The highest BCUT2D eigenvalue weighted by molar-refractivity contribution is 5.63. The summed E-state index contributed by atoms with van der Waals surface area (Å²) in [4.78, 5) is 2.51. The van der Waals surface area contributed by atoms with E-state index in [4.69, 9.17) is 0 Å². The van der Waals surface area contributed by atoms with Crippen molar-refractivity contribution in [3.8, 4) is 0 Å². The molecule has 2 aromatic rings. The molecule has 1 N–H and O–H groups in total. The first-order chi connectivity index (χ1) is 9.72. The number of rotatable bonds is 3. The van der Waals surface area contributed by atoms with E-state index in [2.05, 4.69) is 60.5 Å². The Balaban J connectivity index is 1.96. The normalized spacial score (nSPS) is 13.4. The smallest absolute Gasteiger partial charge is 0.0437 e. The van der Waals surface area contributed by atoms with Crippen LogP contribution in [0.4, 0.5) is 11.4 Å². The van der Waals surface area contributed by atoms with Crippen LogP contribution < -0.4 is 10.2 Å². The molecular weight excluding hydrogens is 244 g/mol. The molecule has 2 heteroatoms. The SMILES string of the molecule is CCc1cccc(C)c1N1Cc2ccc(NC)cc2C1. The minimum atomic E-state index is 1.02. The minimum Gasteiger partial charge on any atom is -0.388 e. The predicted octanol–water partition coefficient (Wildman–Crippen LogP) is 4.12. The van der Waals surface area contributed by atoms with Gasteiger partial charge in [0.15, 0.2) is 0 Å². The lowest BCUT2D eigenvalue weighted by Crippen LogP contribution is -2.17. The third-order valence-electron chi connectivity index (χ3n) is 4.24. The second-order valence-electron chi connectivity index (χ2n) is 5.53. The number of hydrogen-bond acceptors (Lipinski definition) is 2. The molecule has 2 nitrogen and oxygen atoms in total. The summed E-state index contributed by atoms with van der Waals surface area (Å²) in [6, 6.07) is 13.3. The molecular formula is C18H22N2. The van der Waals surface area contributed by atoms with Gasteiger partial charge in [-0.15, -0.1) is 0 Å². The van der Waals surface area contributed by atoms with E-state index in [1.54, 1.807) is 0 Å². The summed E-state index contributed by atoms with van der Waals surface area (Å²) >= 11 is 0. The molecule has 0 unspecified atom stereocenters. The second-order valence-corrected chi connectivity index (χ2v) is 5.53. The second kappa shape index (κ2) is 5.20. The van der Waals surface area contributed by atoms with Gasteiger partial charge in [0.05, 0.1) is 0 Å². The summed E-state index contributed by atoms with van der Waals surface area (Å²) in [7, 11) is 1.98. The van der Waals surface area contributed by atoms with E-state index in [1.807, 2.05) is 7.05 Å². The molecule has 0 spiro atoms. The first kappa shape index (κ1) is 13.0. The minimum absolute atomic E-state index is 1.02. The number of aryl methyl sites for hydroxylation is 2. The molecule has 3 rings (SSSR count). The fourth-order valence-corrected chi connectivity index (χ4v) is 3.17. The van der Waals surface area contributed by atoms with Crippen molar-refractivity contribution in [3.05, 3.63) is 58.7 Å². The third kappa shape index (κ3) is 2.15. The van der Waals surface area contributed by atoms with Gasteiger partial charge in [-0.2, -0.15) is 0 Å². The fourth-order valence-electron chi connectivity index (χ4n) is 3.17. The zero-order valence-corrected chi connectivity index (χ0v) is 12.5. The summed E-state index contributed by atoms with van der Waals surface area (Å²) in [5, 5.41) is 3.23. The van der Waals surface area contributed by atoms with E-state index >= 15 is 0 Å². The maximum Gasteiger partial charge on any atom is 0.0437 e. The van der Waals surface area contributed by atoms with Crippen molar-refractivity contribution >= 4 is 11.4 Å². The van der Waals surface area contributed by atoms with Crippen molar-refractivity contribution < 1.29 is 0 Å². The van der Waals surface area contributed by atoms with E-state index in [-0.39, 0.29) is 0 Å². The monoisotopic (exact) mass is 266 g/mol. The number of benzene rings is 2. The molecule has 0 atom stereocenters. The maximum absolute atomic E-state index is 3.23. The van der Waals surface area contributed by atoms with E-state index in [1.165, 1.54) is 33.6 Å². The number of anilines is 2. The Morgan fingerprint density at radius 1 is 1.10 bits per heavy atom. The summed E-state index contributed by atoms with van der Waals surface area (Å²) < 4.78 is 0. The number of nitrogens with one attached hydrogen (secondary N) is 1. The molecule has 0 bridgehead atoms. The van der Waals surface area contributed by atoms with Crippen LogP contribution in [0.2, 0.25) is 0 Å². The van der Waals surface area contributed by atoms with Crippen LogP contribution in [0.15, 0.2) is 36.4 Å². The first-order valence-electron chi connectivity index (χ1n) is 7.36. The van der Waals surface area contributed by atoms with E-state index in [0.29, 0.717) is 0 Å². The van der Waals surface area contributed by atoms with Crippen molar-refractivity contribution in [2.75, 3.05) is 17.3 Å². The van der Waals surface area contributed by atoms with Crippen molar-refractivity contribution in [3.63, 3.8) is 0 Å². The van der Waals surface area contributed by atoms with Crippen LogP contribution >= 0.6 is 0 Å². The largest absolute Gasteiger partial charge is 0.388 e. The summed E-state index contributed by atoms with van der Waals surface area (Å²) in [5.74, 6) is 0. The highest BCUT2D eigenvalue weighted by Gasteiger charge is 2.22. The standard InChI is InChI=1S/C18H22N2/c1-4-14-7-5-6-13(2)18(14)20-11-15-8-9-17(19-3)10-16(15)12-20/h5-10,19H,4,11-12H2,1-3H3. The molecule has 0 radical (unpaired) electrons. The van der Waals surface area contributed by atoms with Crippen molar-refractivity contribution in [2.24, 2.45) is 0 Å².